The van der Waals surface area contributed by atoms with Gasteiger partial charge in [0.25, 0.3) is 0 Å². The van der Waals surface area contributed by atoms with E-state index in [2.05, 4.69) is 5.32 Å². The molecule has 6 nitrogen and oxygen atoms in total. The average Bonchev–Trinajstić information content (AvgIpc) is 3.05. The second-order valence-electron chi connectivity index (χ2n) is 5.74. The maximum atomic E-state index is 13.2. The number of amides is 2. The van der Waals surface area contributed by atoms with E-state index >= 15 is 0 Å². The summed E-state index contributed by atoms with van der Waals surface area (Å²) >= 11 is 0. The molecule has 0 spiro atoms. The molecule has 0 unspecified atom stereocenters. The van der Waals surface area contributed by atoms with Gasteiger partial charge in [-0.25, -0.2) is 8.78 Å². The Hall–Kier alpha value is -3.16. The lowest BCUT2D eigenvalue weighted by Crippen LogP contribution is -2.36. The fraction of sp³-hybridized carbons (Fsp3) is 0.222. The summed E-state index contributed by atoms with van der Waals surface area (Å²) in [5.41, 5.74) is 0.880. The van der Waals surface area contributed by atoms with E-state index in [1.807, 2.05) is 0 Å². The molecule has 2 amide bonds. The largest absolute Gasteiger partial charge is 0.454 e. The highest BCUT2D eigenvalue weighted by atomic mass is 19.2. The number of halogens is 2. The second-order valence-corrected chi connectivity index (χ2v) is 5.74. The van der Waals surface area contributed by atoms with Crippen molar-refractivity contribution in [3.8, 4) is 11.5 Å². The van der Waals surface area contributed by atoms with E-state index in [1.165, 1.54) is 17.9 Å². The fourth-order valence-electron chi connectivity index (χ4n) is 2.49. The summed E-state index contributed by atoms with van der Waals surface area (Å²) < 4.78 is 36.7. The summed E-state index contributed by atoms with van der Waals surface area (Å²) in [6.45, 7) is 1.45. The smallest absolute Gasteiger partial charge is 0.244 e. The van der Waals surface area contributed by atoms with Crippen LogP contribution >= 0.6 is 0 Å². The molecule has 0 fully saturated rings. The van der Waals surface area contributed by atoms with Crippen LogP contribution in [0, 0.1) is 11.6 Å². The van der Waals surface area contributed by atoms with Crippen LogP contribution in [0.25, 0.3) is 0 Å². The van der Waals surface area contributed by atoms with Gasteiger partial charge in [0.2, 0.25) is 18.6 Å². The van der Waals surface area contributed by atoms with Crippen LogP contribution in [0.5, 0.6) is 11.5 Å². The summed E-state index contributed by atoms with van der Waals surface area (Å²) in [4.78, 5) is 25.3. The SMILES string of the molecule is CC(=O)N(CC(=O)Nc1ccc(F)c(F)c1)Cc1ccc2c(c1)OCO2. The second kappa shape index (κ2) is 7.38. The molecule has 8 heteroatoms. The lowest BCUT2D eigenvalue weighted by atomic mass is 10.2. The van der Waals surface area contributed by atoms with Crippen molar-refractivity contribution in [1.82, 2.24) is 4.90 Å². The molecule has 0 bridgehead atoms. The Morgan fingerprint density at radius 3 is 2.58 bits per heavy atom. The molecular weight excluding hydrogens is 346 g/mol. The number of fused-ring (bicyclic) bond motifs is 1. The quantitative estimate of drug-likeness (QED) is 0.888. The first-order valence-electron chi connectivity index (χ1n) is 7.81. The third-order valence-corrected chi connectivity index (χ3v) is 3.79. The van der Waals surface area contributed by atoms with Crippen molar-refractivity contribution in [3.63, 3.8) is 0 Å². The molecule has 3 rings (SSSR count). The minimum Gasteiger partial charge on any atom is -0.454 e. The topological polar surface area (TPSA) is 67.9 Å². The fourth-order valence-corrected chi connectivity index (χ4v) is 2.49. The molecule has 0 aliphatic carbocycles. The first-order valence-corrected chi connectivity index (χ1v) is 7.81. The summed E-state index contributed by atoms with van der Waals surface area (Å²) in [7, 11) is 0. The zero-order valence-corrected chi connectivity index (χ0v) is 13.9. The van der Waals surface area contributed by atoms with Crippen molar-refractivity contribution in [1.29, 1.82) is 0 Å². The van der Waals surface area contributed by atoms with E-state index < -0.39 is 17.5 Å². The molecular formula is C18H16F2N2O4. The Bertz CT molecular complexity index is 857. The summed E-state index contributed by atoms with van der Waals surface area (Å²) in [6, 6.07) is 8.29. The lowest BCUT2D eigenvalue weighted by Gasteiger charge is -2.21. The van der Waals surface area contributed by atoms with Gasteiger partial charge in [0.1, 0.15) is 6.54 Å². The van der Waals surface area contributed by atoms with Gasteiger partial charge < -0.3 is 19.7 Å². The first-order chi connectivity index (χ1) is 12.4. The molecule has 0 radical (unpaired) electrons. The number of anilines is 1. The highest BCUT2D eigenvalue weighted by Crippen LogP contribution is 2.32. The highest BCUT2D eigenvalue weighted by Gasteiger charge is 2.18. The number of benzene rings is 2. The molecule has 26 heavy (non-hydrogen) atoms. The van der Waals surface area contributed by atoms with Crippen LogP contribution in [-0.2, 0) is 16.1 Å². The molecule has 0 saturated heterocycles. The molecule has 2 aromatic rings. The number of carbonyl (C=O) groups is 2. The Kier molecular flexibility index (Phi) is 5.01. The molecule has 0 aromatic heterocycles. The van der Waals surface area contributed by atoms with Crippen molar-refractivity contribution >= 4 is 17.5 Å². The molecule has 136 valence electrons. The number of hydrogen-bond donors (Lipinski definition) is 1. The third kappa shape index (κ3) is 4.08. The summed E-state index contributed by atoms with van der Waals surface area (Å²) in [6.07, 6.45) is 0. The number of nitrogens with one attached hydrogen (secondary N) is 1. The average molecular weight is 362 g/mol. The minimum absolute atomic E-state index is 0.112. The standard InChI is InChI=1S/C18H16F2N2O4/c1-11(23)22(8-12-2-5-16-17(6-12)26-10-25-16)9-18(24)21-13-3-4-14(19)15(20)7-13/h2-7H,8-10H2,1H3,(H,21,24). The van der Waals surface area contributed by atoms with E-state index in [9.17, 15) is 18.4 Å². The van der Waals surface area contributed by atoms with Crippen LogP contribution in [0.3, 0.4) is 0 Å². The third-order valence-electron chi connectivity index (χ3n) is 3.79. The molecule has 1 aliphatic rings. The number of ether oxygens (including phenoxy) is 2. The number of rotatable bonds is 5. The molecule has 1 heterocycles. The normalized spacial score (nSPS) is 12.0. The number of nitrogens with zero attached hydrogens (tertiary/aromatic N) is 1. The van der Waals surface area contributed by atoms with Gasteiger partial charge in [-0.3, -0.25) is 9.59 Å². The number of hydrogen-bond acceptors (Lipinski definition) is 4. The van der Waals surface area contributed by atoms with Gasteiger partial charge in [-0.2, -0.15) is 0 Å². The molecule has 0 atom stereocenters. The minimum atomic E-state index is -1.06. The van der Waals surface area contributed by atoms with E-state index in [4.69, 9.17) is 9.47 Å². The van der Waals surface area contributed by atoms with Gasteiger partial charge in [0.05, 0.1) is 0 Å². The lowest BCUT2D eigenvalue weighted by molar-refractivity contribution is -0.133. The van der Waals surface area contributed by atoms with Crippen LogP contribution in [-0.4, -0.2) is 30.1 Å². The van der Waals surface area contributed by atoms with Crippen LogP contribution < -0.4 is 14.8 Å². The van der Waals surface area contributed by atoms with Crippen molar-refractivity contribution < 1.29 is 27.8 Å². The Balaban J connectivity index is 1.65. The van der Waals surface area contributed by atoms with Gasteiger partial charge in [-0.15, -0.1) is 0 Å². The molecule has 1 aliphatic heterocycles. The zero-order valence-electron chi connectivity index (χ0n) is 13.9. The van der Waals surface area contributed by atoms with E-state index in [0.717, 1.165) is 17.7 Å². The van der Waals surface area contributed by atoms with Gasteiger partial charge in [0, 0.05) is 25.2 Å². The first kappa shape index (κ1) is 17.7. The molecule has 0 saturated carbocycles. The van der Waals surface area contributed by atoms with Gasteiger partial charge >= 0.3 is 0 Å². The van der Waals surface area contributed by atoms with E-state index in [-0.39, 0.29) is 31.5 Å². The van der Waals surface area contributed by atoms with Gasteiger partial charge in [-0.1, -0.05) is 6.07 Å². The van der Waals surface area contributed by atoms with Crippen molar-refractivity contribution in [2.75, 3.05) is 18.7 Å². The highest BCUT2D eigenvalue weighted by molar-refractivity contribution is 5.94. The maximum Gasteiger partial charge on any atom is 0.244 e. The Morgan fingerprint density at radius 1 is 1.08 bits per heavy atom. The zero-order chi connectivity index (χ0) is 18.7. The Morgan fingerprint density at radius 2 is 1.85 bits per heavy atom. The van der Waals surface area contributed by atoms with Crippen molar-refractivity contribution in [2.45, 2.75) is 13.5 Å². The van der Waals surface area contributed by atoms with E-state index in [1.54, 1.807) is 18.2 Å². The van der Waals surface area contributed by atoms with Crippen LogP contribution in [0.15, 0.2) is 36.4 Å². The molecule has 1 N–H and O–H groups in total. The summed E-state index contributed by atoms with van der Waals surface area (Å²) in [5.74, 6) is -1.69. The van der Waals surface area contributed by atoms with Gasteiger partial charge in [-0.05, 0) is 29.8 Å². The summed E-state index contributed by atoms with van der Waals surface area (Å²) in [5, 5.41) is 2.44. The van der Waals surface area contributed by atoms with Crippen LogP contribution in [0.4, 0.5) is 14.5 Å². The predicted molar refractivity (Wildman–Crippen MR) is 88.6 cm³/mol. The molecule has 2 aromatic carbocycles. The van der Waals surface area contributed by atoms with Crippen molar-refractivity contribution in [2.24, 2.45) is 0 Å². The number of carbonyl (C=O) groups excluding carboxylic acids is 2. The monoisotopic (exact) mass is 362 g/mol. The van der Waals surface area contributed by atoms with E-state index in [0.29, 0.717) is 11.5 Å². The van der Waals surface area contributed by atoms with Crippen molar-refractivity contribution in [3.05, 3.63) is 53.6 Å². The van der Waals surface area contributed by atoms with Crippen LogP contribution in [0.1, 0.15) is 12.5 Å². The van der Waals surface area contributed by atoms with Crippen LogP contribution in [0.2, 0.25) is 0 Å². The van der Waals surface area contributed by atoms with Gasteiger partial charge in [0.15, 0.2) is 23.1 Å². The predicted octanol–water partition coefficient (Wildman–Crippen LogP) is 2.68. The Labute approximate surface area is 148 Å². The maximum absolute atomic E-state index is 13.2.